The van der Waals surface area contributed by atoms with Crippen molar-refractivity contribution in [3.63, 3.8) is 0 Å². The first-order valence-corrected chi connectivity index (χ1v) is 7.22. The molecule has 0 unspecified atom stereocenters. The van der Waals surface area contributed by atoms with E-state index in [2.05, 4.69) is 10.2 Å². The molecule has 0 saturated heterocycles. The Morgan fingerprint density at radius 3 is 2.38 bits per heavy atom. The van der Waals surface area contributed by atoms with Crippen molar-refractivity contribution in [1.82, 2.24) is 10.2 Å². The van der Waals surface area contributed by atoms with Crippen LogP contribution in [-0.2, 0) is 12.7 Å². The first kappa shape index (κ1) is 15.6. The predicted molar refractivity (Wildman–Crippen MR) is 77.1 cm³/mol. The van der Waals surface area contributed by atoms with Crippen LogP contribution in [0.1, 0.15) is 23.9 Å². The van der Waals surface area contributed by atoms with Gasteiger partial charge in [0.05, 0.1) is 0 Å². The fraction of sp³-hybridized carbons (Fsp3) is 0.385. The molecular weight excluding hydrogens is 301 g/mol. The fourth-order valence-electron chi connectivity index (χ4n) is 1.81. The van der Waals surface area contributed by atoms with Crippen LogP contribution in [0, 0.1) is 0 Å². The molecule has 2 rings (SSSR count). The van der Waals surface area contributed by atoms with Gasteiger partial charge in [0.1, 0.15) is 0 Å². The van der Waals surface area contributed by atoms with Gasteiger partial charge in [-0.25, -0.2) is 0 Å². The third kappa shape index (κ3) is 4.07. The van der Waals surface area contributed by atoms with Crippen molar-refractivity contribution in [1.29, 1.82) is 0 Å². The van der Waals surface area contributed by atoms with Gasteiger partial charge in [-0.15, -0.1) is 10.2 Å². The third-order valence-corrected chi connectivity index (χ3v) is 3.80. The average molecular weight is 316 g/mol. The van der Waals surface area contributed by atoms with Gasteiger partial charge in [0.2, 0.25) is 10.1 Å². The van der Waals surface area contributed by atoms with Crippen LogP contribution in [0.5, 0.6) is 0 Å². The van der Waals surface area contributed by atoms with Gasteiger partial charge in [-0.3, -0.25) is 0 Å². The topological polar surface area (TPSA) is 55.0 Å². The summed E-state index contributed by atoms with van der Waals surface area (Å²) >= 11 is 0.564. The molecule has 1 heterocycles. The Morgan fingerprint density at radius 2 is 1.86 bits per heavy atom. The van der Waals surface area contributed by atoms with E-state index in [0.29, 0.717) is 30.1 Å². The molecule has 1 aromatic heterocycles. The minimum Gasteiger partial charge on any atom is -0.399 e. The summed E-state index contributed by atoms with van der Waals surface area (Å²) < 4.78 is 37.8. The molecule has 0 aliphatic rings. The monoisotopic (exact) mass is 316 g/mol. The van der Waals surface area contributed by atoms with E-state index in [-0.39, 0.29) is 5.13 Å². The normalized spacial score (nSPS) is 11.6. The number of anilines is 2. The number of aromatic nitrogens is 2. The Kier molecular flexibility index (Phi) is 4.66. The molecule has 0 amide bonds. The van der Waals surface area contributed by atoms with Gasteiger partial charge >= 0.3 is 6.18 Å². The number of hydrogen-bond acceptors (Lipinski definition) is 5. The Hall–Kier alpha value is -1.83. The van der Waals surface area contributed by atoms with Crippen molar-refractivity contribution in [2.24, 2.45) is 0 Å². The van der Waals surface area contributed by atoms with Crippen molar-refractivity contribution >= 4 is 22.2 Å². The fourth-order valence-corrected chi connectivity index (χ4v) is 2.55. The molecule has 0 aliphatic carbocycles. The van der Waals surface area contributed by atoms with Crippen molar-refractivity contribution in [2.45, 2.75) is 26.1 Å². The number of rotatable bonds is 5. The lowest BCUT2D eigenvalue weighted by Gasteiger charge is -2.20. The second-order valence-electron chi connectivity index (χ2n) is 4.55. The molecule has 2 N–H and O–H groups in total. The largest absolute Gasteiger partial charge is 0.445 e. The van der Waals surface area contributed by atoms with E-state index in [4.69, 9.17) is 5.73 Å². The molecule has 0 bridgehead atoms. The van der Waals surface area contributed by atoms with Crippen LogP contribution >= 0.6 is 11.3 Å². The van der Waals surface area contributed by atoms with Gasteiger partial charge in [0, 0.05) is 18.8 Å². The maximum Gasteiger partial charge on any atom is 0.445 e. The summed E-state index contributed by atoms with van der Waals surface area (Å²) in [6.45, 7) is 3.04. The van der Waals surface area contributed by atoms with Gasteiger partial charge in [0.15, 0.2) is 0 Å². The van der Waals surface area contributed by atoms with E-state index in [9.17, 15) is 13.2 Å². The zero-order valence-electron chi connectivity index (χ0n) is 11.4. The standard InChI is InChI=1S/C13H15F3N4S/c1-2-7-20(8-9-3-5-10(17)6-4-9)12-19-18-11(21-12)13(14,15)16/h3-6H,2,7-8,17H2,1H3. The van der Waals surface area contributed by atoms with Crippen molar-refractivity contribution in [2.75, 3.05) is 17.2 Å². The minimum absolute atomic E-state index is 0.279. The summed E-state index contributed by atoms with van der Waals surface area (Å²) in [5.41, 5.74) is 7.23. The highest BCUT2D eigenvalue weighted by Crippen LogP contribution is 2.34. The van der Waals surface area contributed by atoms with Gasteiger partial charge < -0.3 is 10.6 Å². The molecule has 0 spiro atoms. The molecule has 114 valence electrons. The number of halogens is 3. The molecule has 0 atom stereocenters. The Labute approximate surface area is 124 Å². The number of alkyl halides is 3. The van der Waals surface area contributed by atoms with E-state index >= 15 is 0 Å². The summed E-state index contributed by atoms with van der Waals surface area (Å²) in [7, 11) is 0. The maximum atomic E-state index is 12.6. The minimum atomic E-state index is -4.45. The number of hydrogen-bond donors (Lipinski definition) is 1. The molecule has 0 radical (unpaired) electrons. The maximum absolute atomic E-state index is 12.6. The lowest BCUT2D eigenvalue weighted by atomic mass is 10.2. The Bertz CT molecular complexity index is 580. The third-order valence-electron chi connectivity index (χ3n) is 2.77. The molecule has 0 aliphatic heterocycles. The number of benzene rings is 1. The first-order valence-electron chi connectivity index (χ1n) is 6.40. The molecule has 4 nitrogen and oxygen atoms in total. The van der Waals surface area contributed by atoms with Gasteiger partial charge in [0.25, 0.3) is 0 Å². The van der Waals surface area contributed by atoms with E-state index in [0.717, 1.165) is 12.0 Å². The second-order valence-corrected chi connectivity index (χ2v) is 5.51. The van der Waals surface area contributed by atoms with E-state index < -0.39 is 11.2 Å². The number of nitrogen functional groups attached to an aromatic ring is 1. The highest BCUT2D eigenvalue weighted by Gasteiger charge is 2.36. The molecular formula is C13H15F3N4S. The summed E-state index contributed by atoms with van der Waals surface area (Å²) in [5.74, 6) is 0. The molecule has 21 heavy (non-hydrogen) atoms. The van der Waals surface area contributed by atoms with E-state index in [1.165, 1.54) is 0 Å². The lowest BCUT2D eigenvalue weighted by Crippen LogP contribution is -2.23. The summed E-state index contributed by atoms with van der Waals surface area (Å²) in [5, 5.41) is 6.25. The zero-order chi connectivity index (χ0) is 15.5. The highest BCUT2D eigenvalue weighted by atomic mass is 32.1. The molecule has 8 heteroatoms. The van der Waals surface area contributed by atoms with Crippen molar-refractivity contribution in [3.05, 3.63) is 34.8 Å². The van der Waals surface area contributed by atoms with Crippen LogP contribution in [0.15, 0.2) is 24.3 Å². The van der Waals surface area contributed by atoms with Crippen LogP contribution in [0.25, 0.3) is 0 Å². The summed E-state index contributed by atoms with van der Waals surface area (Å²) in [6, 6.07) is 7.23. The van der Waals surface area contributed by atoms with Crippen LogP contribution in [0.4, 0.5) is 24.0 Å². The van der Waals surface area contributed by atoms with E-state index in [1.807, 2.05) is 19.1 Å². The predicted octanol–water partition coefficient (Wildman–Crippen LogP) is 3.56. The molecule has 2 aromatic rings. The van der Waals surface area contributed by atoms with Crippen LogP contribution in [-0.4, -0.2) is 16.7 Å². The van der Waals surface area contributed by atoms with Gasteiger partial charge in [-0.2, -0.15) is 13.2 Å². The lowest BCUT2D eigenvalue weighted by molar-refractivity contribution is -0.138. The average Bonchev–Trinajstić information content (AvgIpc) is 2.90. The highest BCUT2D eigenvalue weighted by molar-refractivity contribution is 7.15. The van der Waals surface area contributed by atoms with Crippen molar-refractivity contribution < 1.29 is 13.2 Å². The van der Waals surface area contributed by atoms with Crippen LogP contribution in [0.2, 0.25) is 0 Å². The summed E-state index contributed by atoms with van der Waals surface area (Å²) in [6.07, 6.45) is -3.65. The van der Waals surface area contributed by atoms with Gasteiger partial charge in [-0.05, 0) is 24.1 Å². The number of nitrogens with zero attached hydrogens (tertiary/aromatic N) is 3. The summed E-state index contributed by atoms with van der Waals surface area (Å²) in [4.78, 5) is 1.79. The Morgan fingerprint density at radius 1 is 1.19 bits per heavy atom. The first-order chi connectivity index (χ1) is 9.90. The van der Waals surface area contributed by atoms with Crippen LogP contribution < -0.4 is 10.6 Å². The van der Waals surface area contributed by atoms with Crippen LogP contribution in [0.3, 0.4) is 0 Å². The quantitative estimate of drug-likeness (QED) is 0.857. The second kappa shape index (κ2) is 6.30. The van der Waals surface area contributed by atoms with Crippen molar-refractivity contribution in [3.8, 4) is 0 Å². The zero-order valence-corrected chi connectivity index (χ0v) is 12.2. The SMILES string of the molecule is CCCN(Cc1ccc(N)cc1)c1nnc(C(F)(F)F)s1. The Balaban J connectivity index is 2.18. The number of nitrogens with two attached hydrogens (primary N) is 1. The molecule has 1 aromatic carbocycles. The molecule has 0 fully saturated rings. The van der Waals surface area contributed by atoms with Gasteiger partial charge in [-0.1, -0.05) is 30.4 Å². The smallest absolute Gasteiger partial charge is 0.399 e. The molecule has 0 saturated carbocycles. The van der Waals surface area contributed by atoms with E-state index in [1.54, 1.807) is 17.0 Å².